The first-order valence-electron chi connectivity index (χ1n) is 6.40. The van der Waals surface area contributed by atoms with Crippen molar-refractivity contribution in [2.45, 2.75) is 6.42 Å². The van der Waals surface area contributed by atoms with Crippen molar-refractivity contribution >= 4 is 22.5 Å². The minimum atomic E-state index is 0.415. The van der Waals surface area contributed by atoms with E-state index in [-0.39, 0.29) is 0 Å². The van der Waals surface area contributed by atoms with E-state index in [0.717, 1.165) is 22.3 Å². The standard InChI is InChI=1S/C16H13ClN2O/c17-14-7-5-12(6-8-14)9-10-20-16-18-11-13-3-1-2-4-15(13)19-16/h1-8,11H,9-10H2. The number of rotatable bonds is 4. The van der Waals surface area contributed by atoms with Crippen molar-refractivity contribution in [3.05, 3.63) is 65.3 Å². The van der Waals surface area contributed by atoms with E-state index in [2.05, 4.69) is 9.97 Å². The number of benzene rings is 2. The minimum absolute atomic E-state index is 0.415. The molecule has 3 aromatic rings. The van der Waals surface area contributed by atoms with E-state index in [1.807, 2.05) is 48.5 Å². The lowest BCUT2D eigenvalue weighted by molar-refractivity contribution is 0.297. The number of para-hydroxylation sites is 1. The van der Waals surface area contributed by atoms with Gasteiger partial charge in [0.05, 0.1) is 12.1 Å². The van der Waals surface area contributed by atoms with Crippen molar-refractivity contribution in [1.82, 2.24) is 9.97 Å². The van der Waals surface area contributed by atoms with Crippen LogP contribution in [0.25, 0.3) is 10.9 Å². The van der Waals surface area contributed by atoms with E-state index in [1.165, 1.54) is 5.56 Å². The molecule has 2 aromatic carbocycles. The van der Waals surface area contributed by atoms with Gasteiger partial charge in [-0.15, -0.1) is 0 Å². The van der Waals surface area contributed by atoms with Gasteiger partial charge in [-0.25, -0.2) is 4.98 Å². The smallest absolute Gasteiger partial charge is 0.316 e. The molecule has 0 radical (unpaired) electrons. The van der Waals surface area contributed by atoms with Crippen LogP contribution in [0.5, 0.6) is 6.01 Å². The fourth-order valence-electron chi connectivity index (χ4n) is 1.94. The van der Waals surface area contributed by atoms with E-state index >= 15 is 0 Å². The Labute approximate surface area is 122 Å². The summed E-state index contributed by atoms with van der Waals surface area (Å²) in [6, 6.07) is 16.0. The highest BCUT2D eigenvalue weighted by Crippen LogP contribution is 2.14. The van der Waals surface area contributed by atoms with Crippen LogP contribution in [-0.4, -0.2) is 16.6 Å². The van der Waals surface area contributed by atoms with Crippen LogP contribution < -0.4 is 4.74 Å². The number of ether oxygens (including phenoxy) is 1. The number of hydrogen-bond donors (Lipinski definition) is 0. The van der Waals surface area contributed by atoms with E-state index in [0.29, 0.717) is 12.6 Å². The number of nitrogens with zero attached hydrogens (tertiary/aromatic N) is 2. The Morgan fingerprint density at radius 2 is 1.80 bits per heavy atom. The van der Waals surface area contributed by atoms with Gasteiger partial charge in [0.2, 0.25) is 0 Å². The van der Waals surface area contributed by atoms with Crippen LogP contribution >= 0.6 is 11.6 Å². The summed E-state index contributed by atoms with van der Waals surface area (Å²) in [5.74, 6) is 0. The van der Waals surface area contributed by atoms with Gasteiger partial charge < -0.3 is 4.74 Å². The van der Waals surface area contributed by atoms with Gasteiger partial charge in [-0.3, -0.25) is 0 Å². The normalized spacial score (nSPS) is 10.7. The van der Waals surface area contributed by atoms with Crippen LogP contribution in [0.4, 0.5) is 0 Å². The minimum Gasteiger partial charge on any atom is -0.463 e. The van der Waals surface area contributed by atoms with E-state index < -0.39 is 0 Å². The molecule has 0 N–H and O–H groups in total. The van der Waals surface area contributed by atoms with E-state index in [9.17, 15) is 0 Å². The molecule has 20 heavy (non-hydrogen) atoms. The summed E-state index contributed by atoms with van der Waals surface area (Å²) in [6.45, 7) is 0.542. The summed E-state index contributed by atoms with van der Waals surface area (Å²) in [5, 5.41) is 1.75. The molecule has 0 saturated carbocycles. The number of aromatic nitrogens is 2. The monoisotopic (exact) mass is 284 g/mol. The molecule has 0 aliphatic heterocycles. The van der Waals surface area contributed by atoms with Gasteiger partial charge in [-0.05, 0) is 23.8 Å². The molecule has 0 atom stereocenters. The predicted molar refractivity (Wildman–Crippen MR) is 80.2 cm³/mol. The van der Waals surface area contributed by atoms with Crippen molar-refractivity contribution in [2.24, 2.45) is 0 Å². The van der Waals surface area contributed by atoms with Crippen molar-refractivity contribution in [3.8, 4) is 6.01 Å². The molecule has 0 aliphatic carbocycles. The first kappa shape index (κ1) is 12.9. The van der Waals surface area contributed by atoms with E-state index in [1.54, 1.807) is 6.20 Å². The maximum atomic E-state index is 5.85. The zero-order valence-corrected chi connectivity index (χ0v) is 11.5. The highest BCUT2D eigenvalue weighted by atomic mass is 35.5. The third-order valence-electron chi connectivity index (χ3n) is 3.00. The summed E-state index contributed by atoms with van der Waals surface area (Å²) in [6.07, 6.45) is 2.58. The molecule has 3 nitrogen and oxygen atoms in total. The van der Waals surface area contributed by atoms with Gasteiger partial charge >= 0.3 is 6.01 Å². The molecular weight excluding hydrogens is 272 g/mol. The summed E-state index contributed by atoms with van der Waals surface area (Å²) < 4.78 is 5.59. The molecule has 4 heteroatoms. The molecule has 0 aliphatic rings. The third-order valence-corrected chi connectivity index (χ3v) is 3.25. The van der Waals surface area contributed by atoms with Crippen LogP contribution in [0, 0.1) is 0 Å². The molecule has 0 fully saturated rings. The Kier molecular flexibility index (Phi) is 3.79. The van der Waals surface area contributed by atoms with Gasteiger partial charge in [0.15, 0.2) is 0 Å². The molecular formula is C16H13ClN2O. The SMILES string of the molecule is Clc1ccc(CCOc2ncc3ccccc3n2)cc1. The number of hydrogen-bond acceptors (Lipinski definition) is 3. The molecule has 0 unspecified atom stereocenters. The molecule has 3 rings (SSSR count). The first-order chi connectivity index (χ1) is 9.81. The second-order valence-corrected chi connectivity index (χ2v) is 4.87. The van der Waals surface area contributed by atoms with Crippen LogP contribution in [0.15, 0.2) is 54.7 Å². The molecule has 0 saturated heterocycles. The Balaban J connectivity index is 1.63. The lowest BCUT2D eigenvalue weighted by atomic mass is 10.2. The zero-order chi connectivity index (χ0) is 13.8. The quantitative estimate of drug-likeness (QED) is 0.729. The lowest BCUT2D eigenvalue weighted by Gasteiger charge is -2.05. The predicted octanol–water partition coefficient (Wildman–Crippen LogP) is 3.90. The highest BCUT2D eigenvalue weighted by molar-refractivity contribution is 6.30. The maximum absolute atomic E-state index is 5.85. The maximum Gasteiger partial charge on any atom is 0.316 e. The fourth-order valence-corrected chi connectivity index (χ4v) is 2.06. The summed E-state index contributed by atoms with van der Waals surface area (Å²) in [5.41, 5.74) is 2.07. The Morgan fingerprint density at radius 3 is 2.65 bits per heavy atom. The Morgan fingerprint density at radius 1 is 1.00 bits per heavy atom. The molecule has 0 amide bonds. The van der Waals surface area contributed by atoms with Gasteiger partial charge in [0.25, 0.3) is 0 Å². The third kappa shape index (κ3) is 3.06. The van der Waals surface area contributed by atoms with Crippen molar-refractivity contribution < 1.29 is 4.74 Å². The molecule has 0 spiro atoms. The highest BCUT2D eigenvalue weighted by Gasteiger charge is 2.01. The van der Waals surface area contributed by atoms with Crippen molar-refractivity contribution in [3.63, 3.8) is 0 Å². The first-order valence-corrected chi connectivity index (χ1v) is 6.78. The molecule has 0 bridgehead atoms. The Hall–Kier alpha value is -2.13. The summed E-state index contributed by atoms with van der Waals surface area (Å²) in [4.78, 5) is 8.56. The van der Waals surface area contributed by atoms with Crippen molar-refractivity contribution in [2.75, 3.05) is 6.61 Å². The van der Waals surface area contributed by atoms with Crippen LogP contribution in [0.2, 0.25) is 5.02 Å². The zero-order valence-electron chi connectivity index (χ0n) is 10.8. The van der Waals surface area contributed by atoms with Gasteiger partial charge in [0.1, 0.15) is 0 Å². The second-order valence-electron chi connectivity index (χ2n) is 4.44. The molecule has 1 aromatic heterocycles. The second kappa shape index (κ2) is 5.88. The largest absolute Gasteiger partial charge is 0.463 e. The fraction of sp³-hybridized carbons (Fsp3) is 0.125. The average Bonchev–Trinajstić information content (AvgIpc) is 2.49. The van der Waals surface area contributed by atoms with Gasteiger partial charge in [-0.1, -0.05) is 41.9 Å². The Bertz CT molecular complexity index is 713. The van der Waals surface area contributed by atoms with Gasteiger partial charge in [0, 0.05) is 23.0 Å². The van der Waals surface area contributed by atoms with Crippen LogP contribution in [-0.2, 0) is 6.42 Å². The average molecular weight is 285 g/mol. The lowest BCUT2D eigenvalue weighted by Crippen LogP contribution is -2.04. The summed E-state index contributed by atoms with van der Waals surface area (Å²) >= 11 is 5.85. The van der Waals surface area contributed by atoms with E-state index in [4.69, 9.17) is 16.3 Å². The topological polar surface area (TPSA) is 35.0 Å². The van der Waals surface area contributed by atoms with Crippen LogP contribution in [0.1, 0.15) is 5.56 Å². The molecule has 100 valence electrons. The van der Waals surface area contributed by atoms with Crippen LogP contribution in [0.3, 0.4) is 0 Å². The van der Waals surface area contributed by atoms with Gasteiger partial charge in [-0.2, -0.15) is 4.98 Å². The number of halogens is 1. The number of fused-ring (bicyclic) bond motifs is 1. The molecule has 1 heterocycles. The van der Waals surface area contributed by atoms with Crippen molar-refractivity contribution in [1.29, 1.82) is 0 Å². The summed E-state index contributed by atoms with van der Waals surface area (Å²) in [7, 11) is 0.